The molecule has 6 nitrogen and oxygen atoms in total. The van der Waals surface area contributed by atoms with Crippen LogP contribution in [0.3, 0.4) is 0 Å². The molecule has 0 unspecified atom stereocenters. The van der Waals surface area contributed by atoms with Gasteiger partial charge in [-0.15, -0.1) is 0 Å². The zero-order valence-electron chi connectivity index (χ0n) is 15.8. The summed E-state index contributed by atoms with van der Waals surface area (Å²) in [5, 5.41) is 1.98. The minimum absolute atomic E-state index is 0.704. The Morgan fingerprint density at radius 3 is 1.87 bits per heavy atom. The van der Waals surface area contributed by atoms with Gasteiger partial charge in [-0.05, 0) is 42.5 Å². The Kier molecular flexibility index (Phi) is 3.67. The molecule has 0 aliphatic carbocycles. The minimum Gasteiger partial charge on any atom is -0.255 e. The predicted octanol–water partition coefficient (Wildman–Crippen LogP) is 4.85. The summed E-state index contributed by atoms with van der Waals surface area (Å²) in [5.74, 6) is 0. The first-order chi connectivity index (χ1) is 14.9. The van der Waals surface area contributed by atoms with Crippen molar-refractivity contribution in [2.24, 2.45) is 0 Å². The maximum atomic E-state index is 4.92. The molecule has 0 atom stereocenters. The molecule has 0 saturated heterocycles. The lowest BCUT2D eigenvalue weighted by Crippen LogP contribution is -1.96. The number of nitrogens with zero attached hydrogens (tertiary/aromatic N) is 6. The Labute approximate surface area is 171 Å². The summed E-state index contributed by atoms with van der Waals surface area (Å²) in [7, 11) is 0. The molecular weight excluding hydrogens is 372 g/mol. The maximum Gasteiger partial charge on any atom is 0.118 e. The third-order valence-corrected chi connectivity index (χ3v) is 5.07. The molecule has 0 amide bonds. The third-order valence-electron chi connectivity index (χ3n) is 5.07. The largest absolute Gasteiger partial charge is 0.255 e. The maximum absolute atomic E-state index is 4.92. The average Bonchev–Trinajstić information content (AvgIpc) is 2.84. The molecule has 0 fully saturated rings. The van der Waals surface area contributed by atoms with E-state index in [1.165, 1.54) is 0 Å². The summed E-state index contributed by atoms with van der Waals surface area (Å²) in [6, 6.07) is 19.5. The van der Waals surface area contributed by atoms with Crippen molar-refractivity contribution in [2.45, 2.75) is 0 Å². The highest BCUT2D eigenvalue weighted by atomic mass is 14.9. The SMILES string of the molecule is c1ccc(-c2ccc3c4cccnc4c4nc(-c5ccccn5)cnc4c3n2)nc1. The molecule has 30 heavy (non-hydrogen) atoms. The Morgan fingerprint density at radius 2 is 1.10 bits per heavy atom. The van der Waals surface area contributed by atoms with Gasteiger partial charge >= 0.3 is 0 Å². The third kappa shape index (κ3) is 2.58. The highest BCUT2D eigenvalue weighted by Crippen LogP contribution is 2.33. The van der Waals surface area contributed by atoms with Gasteiger partial charge in [-0.2, -0.15) is 0 Å². The lowest BCUT2D eigenvalue weighted by Gasteiger charge is -2.10. The van der Waals surface area contributed by atoms with E-state index < -0.39 is 0 Å². The molecule has 0 aliphatic heterocycles. The van der Waals surface area contributed by atoms with Crippen molar-refractivity contribution in [1.29, 1.82) is 0 Å². The number of pyridine rings is 4. The van der Waals surface area contributed by atoms with E-state index in [0.717, 1.165) is 38.9 Å². The zero-order chi connectivity index (χ0) is 19.9. The topological polar surface area (TPSA) is 77.3 Å². The van der Waals surface area contributed by atoms with Gasteiger partial charge in [0.15, 0.2) is 0 Å². The smallest absolute Gasteiger partial charge is 0.118 e. The second kappa shape index (κ2) is 6.63. The van der Waals surface area contributed by atoms with Gasteiger partial charge < -0.3 is 0 Å². The summed E-state index contributed by atoms with van der Waals surface area (Å²) < 4.78 is 0. The molecule has 1 aromatic carbocycles. The monoisotopic (exact) mass is 386 g/mol. The fraction of sp³-hybridized carbons (Fsp3) is 0. The van der Waals surface area contributed by atoms with Crippen LogP contribution in [0.1, 0.15) is 0 Å². The lowest BCUT2D eigenvalue weighted by molar-refractivity contribution is 1.23. The Balaban J connectivity index is 1.71. The molecule has 0 saturated carbocycles. The van der Waals surface area contributed by atoms with Crippen LogP contribution in [0.15, 0.2) is 85.5 Å². The van der Waals surface area contributed by atoms with Gasteiger partial charge in [-0.1, -0.05) is 18.2 Å². The predicted molar refractivity (Wildman–Crippen MR) is 117 cm³/mol. The fourth-order valence-electron chi connectivity index (χ4n) is 3.69. The molecule has 6 rings (SSSR count). The molecule has 0 spiro atoms. The van der Waals surface area contributed by atoms with Crippen molar-refractivity contribution in [2.75, 3.05) is 0 Å². The minimum atomic E-state index is 0.704. The second-order valence-electron chi connectivity index (χ2n) is 6.87. The van der Waals surface area contributed by atoms with Crippen LogP contribution in [0.2, 0.25) is 0 Å². The quantitative estimate of drug-likeness (QED) is 0.396. The summed E-state index contributed by atoms with van der Waals surface area (Å²) in [6.07, 6.45) is 7.04. The van der Waals surface area contributed by atoms with Crippen LogP contribution < -0.4 is 0 Å². The van der Waals surface area contributed by atoms with Crippen LogP contribution in [0.25, 0.3) is 55.6 Å². The van der Waals surface area contributed by atoms with Crippen LogP contribution in [-0.4, -0.2) is 29.9 Å². The van der Waals surface area contributed by atoms with Gasteiger partial charge in [0.1, 0.15) is 16.7 Å². The summed E-state index contributed by atoms with van der Waals surface area (Å²) >= 11 is 0. The zero-order valence-corrected chi connectivity index (χ0v) is 15.8. The highest BCUT2D eigenvalue weighted by Gasteiger charge is 2.15. The molecule has 5 heterocycles. The number of aromatic nitrogens is 6. The molecule has 6 heteroatoms. The molecule has 140 valence electrons. The number of fused-ring (bicyclic) bond motifs is 6. The van der Waals surface area contributed by atoms with Crippen LogP contribution in [0.5, 0.6) is 0 Å². The van der Waals surface area contributed by atoms with Gasteiger partial charge in [-0.25, -0.2) is 15.0 Å². The van der Waals surface area contributed by atoms with E-state index in [1.54, 1.807) is 24.8 Å². The van der Waals surface area contributed by atoms with Crippen LogP contribution in [-0.2, 0) is 0 Å². The van der Waals surface area contributed by atoms with Crippen LogP contribution in [0, 0.1) is 0 Å². The van der Waals surface area contributed by atoms with E-state index in [-0.39, 0.29) is 0 Å². The van der Waals surface area contributed by atoms with Gasteiger partial charge in [0.25, 0.3) is 0 Å². The molecule has 0 N–H and O–H groups in total. The first kappa shape index (κ1) is 16.6. The first-order valence-electron chi connectivity index (χ1n) is 9.55. The van der Waals surface area contributed by atoms with Crippen molar-refractivity contribution in [1.82, 2.24) is 29.9 Å². The molecule has 5 aromatic heterocycles. The molecule has 0 radical (unpaired) electrons. The van der Waals surface area contributed by atoms with E-state index in [0.29, 0.717) is 16.7 Å². The fourth-order valence-corrected chi connectivity index (χ4v) is 3.69. The summed E-state index contributed by atoms with van der Waals surface area (Å²) in [5.41, 5.74) is 6.11. The van der Waals surface area contributed by atoms with E-state index >= 15 is 0 Å². The second-order valence-corrected chi connectivity index (χ2v) is 6.87. The number of benzene rings is 1. The summed E-state index contributed by atoms with van der Waals surface area (Å²) in [4.78, 5) is 28.0. The number of rotatable bonds is 2. The summed E-state index contributed by atoms with van der Waals surface area (Å²) in [6.45, 7) is 0. The normalized spacial score (nSPS) is 11.3. The van der Waals surface area contributed by atoms with Gasteiger partial charge in [-0.3, -0.25) is 15.0 Å². The molecular formula is C24H14N6. The molecule has 0 bridgehead atoms. The Hall–Kier alpha value is -4.32. The standard InChI is InChI=1S/C24H14N6/c1-3-11-25-17(7-1)19-10-9-16-15-6-5-13-27-21(15)24-23(22(16)29-19)28-14-20(30-24)18-8-2-4-12-26-18/h1-14H. The van der Waals surface area contributed by atoms with Crippen molar-refractivity contribution in [3.8, 4) is 22.8 Å². The number of hydrogen-bond donors (Lipinski definition) is 0. The number of hydrogen-bond acceptors (Lipinski definition) is 6. The van der Waals surface area contributed by atoms with E-state index in [4.69, 9.17) is 15.0 Å². The Morgan fingerprint density at radius 1 is 0.400 bits per heavy atom. The van der Waals surface area contributed by atoms with Crippen molar-refractivity contribution < 1.29 is 0 Å². The van der Waals surface area contributed by atoms with E-state index in [2.05, 4.69) is 21.0 Å². The van der Waals surface area contributed by atoms with Crippen LogP contribution in [0.4, 0.5) is 0 Å². The van der Waals surface area contributed by atoms with Crippen molar-refractivity contribution >= 4 is 32.8 Å². The first-order valence-corrected chi connectivity index (χ1v) is 9.55. The van der Waals surface area contributed by atoms with Crippen molar-refractivity contribution in [3.05, 3.63) is 85.5 Å². The van der Waals surface area contributed by atoms with Gasteiger partial charge in [0.05, 0.1) is 34.3 Å². The Bertz CT molecular complexity index is 1460. The van der Waals surface area contributed by atoms with Crippen LogP contribution >= 0.6 is 0 Å². The van der Waals surface area contributed by atoms with Gasteiger partial charge in [0.2, 0.25) is 0 Å². The van der Waals surface area contributed by atoms with E-state index in [9.17, 15) is 0 Å². The highest BCUT2D eigenvalue weighted by molar-refractivity contribution is 6.20. The molecule has 6 aromatic rings. The average molecular weight is 386 g/mol. The van der Waals surface area contributed by atoms with Gasteiger partial charge in [0, 0.05) is 29.4 Å². The van der Waals surface area contributed by atoms with E-state index in [1.807, 2.05) is 54.6 Å². The lowest BCUT2D eigenvalue weighted by atomic mass is 10.1. The molecule has 0 aliphatic rings. The van der Waals surface area contributed by atoms with Crippen molar-refractivity contribution in [3.63, 3.8) is 0 Å².